The zero-order valence-electron chi connectivity index (χ0n) is 25.8. The summed E-state index contributed by atoms with van der Waals surface area (Å²) in [6.07, 6.45) is -1.03. The Morgan fingerprint density at radius 2 is 0.837 bits per heavy atom. The Morgan fingerprint density at radius 3 is 1.10 bits per heavy atom. The quantitative estimate of drug-likeness (QED) is 0.0852. The van der Waals surface area contributed by atoms with Crippen LogP contribution in [-0.2, 0) is 39.2 Å². The fraction of sp³-hybridized carbons (Fsp3) is 0.296. The molecule has 10 N–H and O–H groups in total. The Hall–Kier alpha value is -4.96. The molecule has 22 heteroatoms. The third kappa shape index (κ3) is 11.6. The number of amides is 4. The Labute approximate surface area is 286 Å². The summed E-state index contributed by atoms with van der Waals surface area (Å²) >= 11 is 6.09. The summed E-state index contributed by atoms with van der Waals surface area (Å²) in [5.74, 6) is -2.91. The van der Waals surface area contributed by atoms with Gasteiger partial charge in [0.05, 0.1) is 9.79 Å². The van der Waals surface area contributed by atoms with Gasteiger partial charge in [-0.25, -0.2) is 16.8 Å². The normalized spacial score (nSPS) is 11.7. The van der Waals surface area contributed by atoms with Crippen LogP contribution in [0.4, 0.5) is 23.3 Å². The molecule has 3 aromatic rings. The van der Waals surface area contributed by atoms with Crippen LogP contribution in [0.2, 0.25) is 5.28 Å². The molecule has 19 nitrogen and oxygen atoms in total. The number of anilines is 4. The summed E-state index contributed by atoms with van der Waals surface area (Å²) in [5.41, 5.74) is 21.4. The van der Waals surface area contributed by atoms with E-state index in [9.17, 15) is 36.0 Å². The van der Waals surface area contributed by atoms with Crippen molar-refractivity contribution in [1.29, 1.82) is 0 Å². The Morgan fingerprint density at radius 1 is 0.551 bits per heavy atom. The number of benzene rings is 2. The van der Waals surface area contributed by atoms with Gasteiger partial charge in [0.2, 0.25) is 60.9 Å². The molecule has 0 aliphatic carbocycles. The molecule has 0 bridgehead atoms. The molecule has 0 saturated heterocycles. The van der Waals surface area contributed by atoms with Crippen molar-refractivity contribution >= 4 is 78.5 Å². The van der Waals surface area contributed by atoms with Crippen molar-refractivity contribution in [1.82, 2.24) is 23.6 Å². The van der Waals surface area contributed by atoms with Gasteiger partial charge >= 0.3 is 0 Å². The van der Waals surface area contributed by atoms with Crippen molar-refractivity contribution in [3.05, 3.63) is 53.8 Å². The smallest absolute Gasteiger partial charge is 0.243 e. The third-order valence-electron chi connectivity index (χ3n) is 6.54. The van der Waals surface area contributed by atoms with Gasteiger partial charge in [0, 0.05) is 63.2 Å². The molecular weight excluding hydrogens is 706 g/mol. The topological polar surface area (TPSA) is 310 Å². The average molecular weight is 740 g/mol. The van der Waals surface area contributed by atoms with Crippen molar-refractivity contribution in [3.63, 3.8) is 0 Å². The second-order valence-electron chi connectivity index (χ2n) is 10.2. The lowest BCUT2D eigenvalue weighted by Crippen LogP contribution is -2.36. The molecule has 4 amide bonds. The number of hydrogen-bond donors (Lipinski definition) is 6. The molecule has 0 atom stereocenters. The SMILES string of the molecule is NC(=O)CCN(CCC(N)=O)S(=O)(=O)c1ccc(Nc2nc(Cl)nc(Nc3ccc(S(=O)(=O)N(CCC(N)=O)CCC(N)=O)cc3)n2)cc1. The summed E-state index contributed by atoms with van der Waals surface area (Å²) in [4.78, 5) is 57.0. The van der Waals surface area contributed by atoms with Gasteiger partial charge in [-0.3, -0.25) is 19.2 Å². The van der Waals surface area contributed by atoms with Crippen LogP contribution in [-0.4, -0.2) is 90.2 Å². The molecule has 0 fully saturated rings. The maximum Gasteiger partial charge on any atom is 0.243 e. The first kappa shape index (κ1) is 38.5. The summed E-state index contributed by atoms with van der Waals surface area (Å²) in [7, 11) is -8.24. The number of nitrogens with one attached hydrogen (secondary N) is 2. The first-order valence-corrected chi connectivity index (χ1v) is 17.5. The average Bonchev–Trinajstić information content (AvgIpc) is 3.00. The van der Waals surface area contributed by atoms with Crippen LogP contribution in [0.5, 0.6) is 0 Å². The first-order valence-electron chi connectivity index (χ1n) is 14.3. The summed E-state index contributed by atoms with van der Waals surface area (Å²) < 4.78 is 54.6. The second kappa shape index (κ2) is 16.9. The van der Waals surface area contributed by atoms with Gasteiger partial charge in [0.25, 0.3) is 0 Å². The van der Waals surface area contributed by atoms with Gasteiger partial charge in [0.1, 0.15) is 0 Å². The van der Waals surface area contributed by atoms with Gasteiger partial charge in [-0.15, -0.1) is 0 Å². The van der Waals surface area contributed by atoms with Crippen molar-refractivity contribution in [2.45, 2.75) is 35.5 Å². The molecule has 1 heterocycles. The molecule has 0 aliphatic rings. The van der Waals surface area contributed by atoms with Gasteiger partial charge in [0.15, 0.2) is 0 Å². The van der Waals surface area contributed by atoms with E-state index in [2.05, 4.69) is 25.6 Å². The molecule has 49 heavy (non-hydrogen) atoms. The van der Waals surface area contributed by atoms with Crippen LogP contribution in [0.25, 0.3) is 0 Å². The van der Waals surface area contributed by atoms with Crippen LogP contribution in [0.3, 0.4) is 0 Å². The number of hydrogen-bond acceptors (Lipinski definition) is 13. The molecule has 0 aliphatic heterocycles. The zero-order chi connectivity index (χ0) is 36.4. The van der Waals surface area contributed by atoms with Crippen molar-refractivity contribution in [3.8, 4) is 0 Å². The van der Waals surface area contributed by atoms with E-state index < -0.39 is 43.7 Å². The van der Waals surface area contributed by atoms with Gasteiger partial charge in [-0.05, 0) is 60.1 Å². The van der Waals surface area contributed by atoms with Gasteiger partial charge in [-0.2, -0.15) is 23.6 Å². The Balaban J connectivity index is 1.75. The molecular formula is C27H34ClN11O8S2. The van der Waals surface area contributed by atoms with Crippen molar-refractivity contribution in [2.75, 3.05) is 36.8 Å². The van der Waals surface area contributed by atoms with Crippen LogP contribution in [0.1, 0.15) is 25.7 Å². The highest BCUT2D eigenvalue weighted by molar-refractivity contribution is 7.89. The van der Waals surface area contributed by atoms with E-state index in [4.69, 9.17) is 34.5 Å². The molecule has 0 saturated carbocycles. The van der Waals surface area contributed by atoms with E-state index in [1.807, 2.05) is 0 Å². The maximum absolute atomic E-state index is 13.2. The lowest BCUT2D eigenvalue weighted by molar-refractivity contribution is -0.119. The lowest BCUT2D eigenvalue weighted by atomic mass is 10.3. The van der Waals surface area contributed by atoms with Crippen molar-refractivity contribution < 1.29 is 36.0 Å². The third-order valence-corrected chi connectivity index (χ3v) is 10.5. The fourth-order valence-electron chi connectivity index (χ4n) is 4.08. The molecule has 0 spiro atoms. The molecule has 0 unspecified atom stereocenters. The Kier molecular flexibility index (Phi) is 13.3. The second-order valence-corrected chi connectivity index (χ2v) is 14.4. The minimum absolute atomic E-state index is 0.0265. The number of aromatic nitrogens is 3. The van der Waals surface area contributed by atoms with Crippen LogP contribution >= 0.6 is 11.6 Å². The molecule has 0 radical (unpaired) electrons. The van der Waals surface area contributed by atoms with E-state index in [1.165, 1.54) is 48.5 Å². The highest BCUT2D eigenvalue weighted by Crippen LogP contribution is 2.24. The standard InChI is InChI=1S/C27H34ClN11O8S2/c28-25-35-26(33-17-1-5-19(6-2-17)48(44,45)38(13-9-21(29)40)14-10-22(30)41)37-27(36-25)34-18-3-7-20(8-4-18)49(46,47)39(15-11-23(31)42)16-12-24(32)43/h1-8H,9-16H2,(H2,29,40)(H2,30,41)(H2,31,42)(H2,32,43)(H2,33,34,35,36,37). The van der Waals surface area contributed by atoms with E-state index in [-0.39, 0.29) is 78.8 Å². The highest BCUT2D eigenvalue weighted by Gasteiger charge is 2.26. The van der Waals surface area contributed by atoms with Crippen LogP contribution < -0.4 is 33.6 Å². The number of rotatable bonds is 20. The summed E-state index contributed by atoms with van der Waals surface area (Å²) in [5, 5.41) is 5.53. The van der Waals surface area contributed by atoms with E-state index in [0.29, 0.717) is 11.4 Å². The predicted octanol–water partition coefficient (Wildman–Crippen LogP) is -0.505. The van der Waals surface area contributed by atoms with E-state index >= 15 is 0 Å². The number of primary amides is 4. The van der Waals surface area contributed by atoms with Crippen LogP contribution in [0, 0.1) is 0 Å². The maximum atomic E-state index is 13.2. The molecule has 2 aromatic carbocycles. The van der Waals surface area contributed by atoms with Crippen molar-refractivity contribution in [2.24, 2.45) is 22.9 Å². The largest absolute Gasteiger partial charge is 0.370 e. The van der Waals surface area contributed by atoms with Crippen LogP contribution in [0.15, 0.2) is 58.3 Å². The summed E-state index contributed by atoms with van der Waals surface area (Å²) in [6, 6.07) is 10.9. The number of nitrogens with zero attached hydrogens (tertiary/aromatic N) is 5. The predicted molar refractivity (Wildman–Crippen MR) is 177 cm³/mol. The first-order chi connectivity index (χ1) is 23.0. The molecule has 3 rings (SSSR count). The monoisotopic (exact) mass is 739 g/mol. The fourth-order valence-corrected chi connectivity index (χ4v) is 7.13. The minimum atomic E-state index is -4.12. The number of carbonyl (C=O) groups is 4. The lowest BCUT2D eigenvalue weighted by Gasteiger charge is -2.21. The number of sulfonamides is 2. The minimum Gasteiger partial charge on any atom is -0.370 e. The molecule has 264 valence electrons. The van der Waals surface area contributed by atoms with Gasteiger partial charge in [-0.1, -0.05) is 0 Å². The van der Waals surface area contributed by atoms with E-state index in [1.54, 1.807) is 0 Å². The van der Waals surface area contributed by atoms with E-state index in [0.717, 1.165) is 8.61 Å². The molecule has 1 aromatic heterocycles. The number of carbonyl (C=O) groups excluding carboxylic acids is 4. The highest BCUT2D eigenvalue weighted by atomic mass is 35.5. The zero-order valence-corrected chi connectivity index (χ0v) is 28.2. The summed E-state index contributed by atoms with van der Waals surface area (Å²) in [6.45, 7) is -0.964. The Bertz CT molecular complexity index is 1730. The number of halogens is 1. The van der Waals surface area contributed by atoms with Gasteiger partial charge < -0.3 is 33.6 Å². The number of nitrogens with two attached hydrogens (primary N) is 4.